The number of halogens is 5. The SMILES string of the molecule is NS(=O)(=O)c1ccc(C(F)(F)F)nc1C(F)F. The van der Waals surface area contributed by atoms with Crippen LogP contribution in [0.3, 0.4) is 0 Å². The van der Waals surface area contributed by atoms with Crippen LogP contribution in [0.2, 0.25) is 0 Å². The molecule has 0 aliphatic heterocycles. The van der Waals surface area contributed by atoms with Crippen molar-refractivity contribution in [3.05, 3.63) is 23.5 Å². The molecule has 2 N–H and O–H groups in total. The van der Waals surface area contributed by atoms with E-state index in [4.69, 9.17) is 0 Å². The van der Waals surface area contributed by atoms with Crippen molar-refractivity contribution in [1.82, 2.24) is 4.98 Å². The Balaban J connectivity index is 3.49. The normalized spacial score (nSPS) is 13.1. The monoisotopic (exact) mass is 276 g/mol. The Morgan fingerprint density at radius 3 is 2.12 bits per heavy atom. The first-order valence-corrected chi connectivity index (χ1v) is 5.47. The van der Waals surface area contributed by atoms with Gasteiger partial charge in [0, 0.05) is 0 Å². The summed E-state index contributed by atoms with van der Waals surface area (Å²) in [5.74, 6) is 0. The largest absolute Gasteiger partial charge is 0.433 e. The zero-order valence-corrected chi connectivity index (χ0v) is 8.69. The molecule has 1 aromatic rings. The van der Waals surface area contributed by atoms with E-state index >= 15 is 0 Å². The second-order valence-corrected chi connectivity index (χ2v) is 4.45. The molecule has 10 heteroatoms. The van der Waals surface area contributed by atoms with Crippen LogP contribution < -0.4 is 5.14 Å². The van der Waals surface area contributed by atoms with Gasteiger partial charge >= 0.3 is 6.18 Å². The van der Waals surface area contributed by atoms with Crippen LogP contribution in [0.15, 0.2) is 17.0 Å². The highest BCUT2D eigenvalue weighted by Crippen LogP contribution is 2.31. The van der Waals surface area contributed by atoms with Gasteiger partial charge in [-0.15, -0.1) is 0 Å². The van der Waals surface area contributed by atoms with Gasteiger partial charge in [-0.1, -0.05) is 0 Å². The van der Waals surface area contributed by atoms with Gasteiger partial charge in [0.25, 0.3) is 6.43 Å². The van der Waals surface area contributed by atoms with Crippen molar-refractivity contribution in [1.29, 1.82) is 0 Å². The molecule has 0 bridgehead atoms. The van der Waals surface area contributed by atoms with Gasteiger partial charge in [0.15, 0.2) is 0 Å². The maximum atomic E-state index is 12.4. The van der Waals surface area contributed by atoms with E-state index in [0.29, 0.717) is 6.07 Å². The molecule has 0 saturated carbocycles. The van der Waals surface area contributed by atoms with E-state index in [9.17, 15) is 30.4 Å². The summed E-state index contributed by atoms with van der Waals surface area (Å²) in [6.07, 6.45) is -8.42. The number of pyridine rings is 1. The van der Waals surface area contributed by atoms with Crippen molar-refractivity contribution in [2.45, 2.75) is 17.5 Å². The van der Waals surface area contributed by atoms with Crippen molar-refractivity contribution in [3.8, 4) is 0 Å². The number of hydrogen-bond donors (Lipinski definition) is 1. The molecule has 0 atom stereocenters. The van der Waals surface area contributed by atoms with Crippen molar-refractivity contribution in [3.63, 3.8) is 0 Å². The molecule has 4 nitrogen and oxygen atoms in total. The molecule has 0 radical (unpaired) electrons. The fourth-order valence-electron chi connectivity index (χ4n) is 1.02. The van der Waals surface area contributed by atoms with Gasteiger partial charge in [-0.3, -0.25) is 0 Å². The topological polar surface area (TPSA) is 73.1 Å². The zero-order valence-electron chi connectivity index (χ0n) is 7.87. The zero-order chi connectivity index (χ0) is 13.4. The van der Waals surface area contributed by atoms with Gasteiger partial charge in [0.2, 0.25) is 10.0 Å². The minimum absolute atomic E-state index is 0.269. The predicted octanol–water partition coefficient (Wildman–Crippen LogP) is 1.69. The van der Waals surface area contributed by atoms with Gasteiger partial charge in [0.05, 0.1) is 0 Å². The third-order valence-corrected chi connectivity index (χ3v) is 2.65. The van der Waals surface area contributed by atoms with Gasteiger partial charge in [-0.05, 0) is 12.1 Å². The highest BCUT2D eigenvalue weighted by Gasteiger charge is 2.35. The molecule has 0 unspecified atom stereocenters. The minimum atomic E-state index is -4.94. The second kappa shape index (κ2) is 4.18. The third kappa shape index (κ3) is 3.09. The number of rotatable bonds is 2. The van der Waals surface area contributed by atoms with Crippen LogP contribution >= 0.6 is 0 Å². The lowest BCUT2D eigenvalue weighted by Gasteiger charge is -2.10. The molecule has 0 saturated heterocycles. The number of hydrogen-bond acceptors (Lipinski definition) is 3. The number of sulfonamides is 1. The molecule has 0 aromatic carbocycles. The summed E-state index contributed by atoms with van der Waals surface area (Å²) in [5, 5.41) is 4.57. The lowest BCUT2D eigenvalue weighted by atomic mass is 10.3. The Bertz CT molecular complexity index is 526. The van der Waals surface area contributed by atoms with Gasteiger partial charge in [-0.25, -0.2) is 27.3 Å². The summed E-state index contributed by atoms with van der Waals surface area (Å²) in [7, 11) is -4.55. The molecule has 1 heterocycles. The lowest BCUT2D eigenvalue weighted by molar-refractivity contribution is -0.141. The Morgan fingerprint density at radius 1 is 1.24 bits per heavy atom. The summed E-state index contributed by atoms with van der Waals surface area (Å²) in [6.45, 7) is 0. The molecule has 0 fully saturated rings. The quantitative estimate of drug-likeness (QED) is 0.835. The highest BCUT2D eigenvalue weighted by atomic mass is 32.2. The highest BCUT2D eigenvalue weighted by molar-refractivity contribution is 7.89. The second-order valence-electron chi connectivity index (χ2n) is 2.92. The Kier molecular flexibility index (Phi) is 3.39. The van der Waals surface area contributed by atoms with Crippen LogP contribution in [-0.2, 0) is 16.2 Å². The average Bonchev–Trinajstić information content (AvgIpc) is 2.14. The van der Waals surface area contributed by atoms with Crippen molar-refractivity contribution in [2.75, 3.05) is 0 Å². The molecule has 0 aliphatic rings. The number of primary sulfonamides is 1. The molecule has 0 spiro atoms. The summed E-state index contributed by atoms with van der Waals surface area (Å²) >= 11 is 0. The van der Waals surface area contributed by atoms with Crippen molar-refractivity contribution < 1.29 is 30.4 Å². The van der Waals surface area contributed by atoms with Gasteiger partial charge in [-0.2, -0.15) is 13.2 Å². The summed E-state index contributed by atoms with van der Waals surface area (Å²) in [6, 6.07) is 0.623. The maximum Gasteiger partial charge on any atom is 0.433 e. The van der Waals surface area contributed by atoms with Crippen LogP contribution in [0.1, 0.15) is 17.8 Å². The maximum absolute atomic E-state index is 12.4. The smallest absolute Gasteiger partial charge is 0.241 e. The number of nitrogens with zero attached hydrogens (tertiary/aromatic N) is 1. The standard InChI is InChI=1S/C7H5F5N2O2S/c8-6(9)5-3(17(13,15)16)1-2-4(14-5)7(10,11)12/h1-2,6H,(H2,13,15,16). The fourth-order valence-corrected chi connectivity index (χ4v) is 1.70. The number of nitrogens with two attached hydrogens (primary N) is 1. The van der Waals surface area contributed by atoms with E-state index in [1.54, 1.807) is 0 Å². The molecule has 0 aliphatic carbocycles. The van der Waals surface area contributed by atoms with Gasteiger partial charge < -0.3 is 0 Å². The number of aromatic nitrogens is 1. The Hall–Kier alpha value is -1.29. The molecule has 1 aromatic heterocycles. The first-order chi connectivity index (χ1) is 7.53. The summed E-state index contributed by atoms with van der Waals surface area (Å²) < 4.78 is 83.0. The first-order valence-electron chi connectivity index (χ1n) is 3.92. The van der Waals surface area contributed by atoms with Crippen molar-refractivity contribution in [2.24, 2.45) is 5.14 Å². The molecular weight excluding hydrogens is 271 g/mol. The lowest BCUT2D eigenvalue weighted by Crippen LogP contribution is -2.18. The summed E-state index contributed by atoms with van der Waals surface area (Å²) in [5.41, 5.74) is -3.12. The van der Waals surface area contributed by atoms with E-state index in [-0.39, 0.29) is 6.07 Å². The van der Waals surface area contributed by atoms with E-state index in [1.807, 2.05) is 0 Å². The van der Waals surface area contributed by atoms with E-state index in [1.165, 1.54) is 0 Å². The molecular formula is C7H5F5N2O2S. The molecule has 1 rings (SSSR count). The van der Waals surface area contributed by atoms with E-state index < -0.39 is 38.9 Å². The van der Waals surface area contributed by atoms with Crippen LogP contribution in [0.25, 0.3) is 0 Å². The van der Waals surface area contributed by atoms with E-state index in [0.717, 1.165) is 0 Å². The Labute approximate surface area is 92.3 Å². The molecule has 96 valence electrons. The number of alkyl halides is 5. The van der Waals surface area contributed by atoms with E-state index in [2.05, 4.69) is 10.1 Å². The molecule has 17 heavy (non-hydrogen) atoms. The molecule has 0 amide bonds. The van der Waals surface area contributed by atoms with Gasteiger partial charge in [0.1, 0.15) is 16.3 Å². The van der Waals surface area contributed by atoms with Crippen LogP contribution in [-0.4, -0.2) is 13.4 Å². The fraction of sp³-hybridized carbons (Fsp3) is 0.286. The van der Waals surface area contributed by atoms with Crippen LogP contribution in [0.4, 0.5) is 22.0 Å². The van der Waals surface area contributed by atoms with Crippen molar-refractivity contribution >= 4 is 10.0 Å². The first kappa shape index (κ1) is 13.8. The van der Waals surface area contributed by atoms with Crippen LogP contribution in [0, 0.1) is 0 Å². The Morgan fingerprint density at radius 2 is 1.76 bits per heavy atom. The summed E-state index contributed by atoms with van der Waals surface area (Å²) in [4.78, 5) is 1.45. The average molecular weight is 276 g/mol. The van der Waals surface area contributed by atoms with Crippen LogP contribution in [0.5, 0.6) is 0 Å². The third-order valence-electron chi connectivity index (χ3n) is 1.69. The predicted molar refractivity (Wildman–Crippen MR) is 45.6 cm³/mol. The minimum Gasteiger partial charge on any atom is -0.241 e.